The highest BCUT2D eigenvalue weighted by atomic mass is 16.2. The van der Waals surface area contributed by atoms with Crippen molar-refractivity contribution in [1.82, 2.24) is 19.4 Å². The molecule has 3 heterocycles. The summed E-state index contributed by atoms with van der Waals surface area (Å²) in [6, 6.07) is 7.93. The van der Waals surface area contributed by atoms with E-state index in [0.717, 1.165) is 62.8 Å². The lowest BCUT2D eigenvalue weighted by molar-refractivity contribution is -0.137. The molecule has 7 nitrogen and oxygen atoms in total. The topological polar surface area (TPSA) is 61.7 Å². The van der Waals surface area contributed by atoms with Crippen LogP contribution >= 0.6 is 0 Å². The number of imidazole rings is 1. The summed E-state index contributed by atoms with van der Waals surface area (Å²) in [4.78, 5) is 36.0. The lowest BCUT2D eigenvalue weighted by atomic mass is 10.1. The molecule has 4 rings (SSSR count). The zero-order valence-electron chi connectivity index (χ0n) is 18.0. The number of piperazine rings is 1. The maximum atomic E-state index is 13.0. The smallest absolute Gasteiger partial charge is 0.228 e. The number of amides is 2. The number of benzene rings is 1. The van der Waals surface area contributed by atoms with E-state index >= 15 is 0 Å². The maximum absolute atomic E-state index is 13.0. The molecule has 0 radical (unpaired) electrons. The summed E-state index contributed by atoms with van der Waals surface area (Å²) in [7, 11) is 0. The van der Waals surface area contributed by atoms with Gasteiger partial charge < -0.3 is 14.4 Å². The Morgan fingerprint density at radius 2 is 1.83 bits per heavy atom. The molecule has 2 aliphatic heterocycles. The molecule has 2 aromatic rings. The van der Waals surface area contributed by atoms with Gasteiger partial charge in [0.1, 0.15) is 5.82 Å². The van der Waals surface area contributed by atoms with E-state index in [2.05, 4.69) is 21.4 Å². The van der Waals surface area contributed by atoms with Crippen molar-refractivity contribution in [3.05, 3.63) is 48.0 Å². The second-order valence-electron chi connectivity index (χ2n) is 8.30. The van der Waals surface area contributed by atoms with Crippen LogP contribution in [0.4, 0.5) is 5.69 Å². The van der Waals surface area contributed by atoms with Crippen LogP contribution in [0.5, 0.6) is 0 Å². The molecule has 0 aliphatic carbocycles. The number of anilines is 1. The molecule has 0 bridgehead atoms. The summed E-state index contributed by atoms with van der Waals surface area (Å²) in [5.74, 6) is 1.06. The van der Waals surface area contributed by atoms with Gasteiger partial charge in [-0.15, -0.1) is 0 Å². The van der Waals surface area contributed by atoms with Crippen LogP contribution in [-0.4, -0.2) is 70.4 Å². The van der Waals surface area contributed by atoms with E-state index in [-0.39, 0.29) is 17.7 Å². The number of aromatic nitrogens is 2. The van der Waals surface area contributed by atoms with Gasteiger partial charge in [-0.1, -0.05) is 24.6 Å². The van der Waals surface area contributed by atoms with E-state index in [9.17, 15) is 9.59 Å². The minimum absolute atomic E-state index is 0.0444. The van der Waals surface area contributed by atoms with Crippen molar-refractivity contribution in [3.8, 4) is 0 Å². The number of rotatable bonds is 6. The molecule has 2 fully saturated rings. The lowest BCUT2D eigenvalue weighted by Gasteiger charge is -2.36. The Morgan fingerprint density at radius 3 is 2.53 bits per heavy atom. The zero-order valence-corrected chi connectivity index (χ0v) is 18.0. The van der Waals surface area contributed by atoms with E-state index in [4.69, 9.17) is 0 Å². The van der Waals surface area contributed by atoms with Gasteiger partial charge in [-0.05, 0) is 19.1 Å². The van der Waals surface area contributed by atoms with E-state index in [0.29, 0.717) is 13.0 Å². The van der Waals surface area contributed by atoms with Crippen LogP contribution < -0.4 is 4.90 Å². The highest BCUT2D eigenvalue weighted by molar-refractivity contribution is 6.00. The second-order valence-corrected chi connectivity index (χ2v) is 8.30. The van der Waals surface area contributed by atoms with Gasteiger partial charge in [0.25, 0.3) is 0 Å². The van der Waals surface area contributed by atoms with Crippen LogP contribution in [0.3, 0.4) is 0 Å². The molecular weight excluding hydrogens is 378 g/mol. The van der Waals surface area contributed by atoms with E-state index in [1.807, 2.05) is 48.5 Å². The average molecular weight is 410 g/mol. The Labute approximate surface area is 178 Å². The van der Waals surface area contributed by atoms with Gasteiger partial charge >= 0.3 is 0 Å². The normalized spacial score (nSPS) is 20.2. The Balaban J connectivity index is 1.27. The van der Waals surface area contributed by atoms with Gasteiger partial charge in [-0.2, -0.15) is 0 Å². The quantitative estimate of drug-likeness (QED) is 0.732. The Kier molecular flexibility index (Phi) is 6.18. The highest BCUT2D eigenvalue weighted by Gasteiger charge is 2.37. The molecule has 1 aromatic carbocycles. The molecule has 1 unspecified atom stereocenters. The molecule has 1 atom stereocenters. The summed E-state index contributed by atoms with van der Waals surface area (Å²) in [5, 5.41) is 0. The number of aryl methyl sites for hydroxylation is 2. The SMILES string of the molecule is CCc1nccn1CCN1CCN(C(=O)C2CC(=O)N(c3ccc(C)cc3)C2)CC1. The van der Waals surface area contributed by atoms with E-state index in [1.54, 1.807) is 4.90 Å². The van der Waals surface area contributed by atoms with Crippen LogP contribution in [0.15, 0.2) is 36.7 Å². The molecule has 1 aromatic heterocycles. The fourth-order valence-electron chi connectivity index (χ4n) is 4.40. The molecule has 0 spiro atoms. The third-order valence-corrected chi connectivity index (χ3v) is 6.28. The van der Waals surface area contributed by atoms with Crippen molar-refractivity contribution < 1.29 is 9.59 Å². The monoisotopic (exact) mass is 409 g/mol. The minimum atomic E-state index is -0.233. The van der Waals surface area contributed by atoms with Gasteiger partial charge in [0.05, 0.1) is 5.92 Å². The molecule has 2 amide bonds. The van der Waals surface area contributed by atoms with Gasteiger partial charge in [0, 0.05) is 76.7 Å². The first-order chi connectivity index (χ1) is 14.5. The summed E-state index contributed by atoms with van der Waals surface area (Å²) < 4.78 is 2.21. The fourth-order valence-corrected chi connectivity index (χ4v) is 4.40. The summed E-state index contributed by atoms with van der Waals surface area (Å²) in [6.07, 6.45) is 5.15. The number of nitrogens with zero attached hydrogens (tertiary/aromatic N) is 5. The van der Waals surface area contributed by atoms with Crippen LogP contribution in [0, 0.1) is 12.8 Å². The lowest BCUT2D eigenvalue weighted by Crippen LogP contribution is -2.51. The van der Waals surface area contributed by atoms with Crippen molar-refractivity contribution in [1.29, 1.82) is 0 Å². The fraction of sp³-hybridized carbons (Fsp3) is 0.522. The minimum Gasteiger partial charge on any atom is -0.340 e. The molecular formula is C23H31N5O2. The number of hydrogen-bond acceptors (Lipinski definition) is 4. The number of carbonyl (C=O) groups excluding carboxylic acids is 2. The van der Waals surface area contributed by atoms with Gasteiger partial charge in [-0.25, -0.2) is 4.98 Å². The van der Waals surface area contributed by atoms with Crippen molar-refractivity contribution in [2.24, 2.45) is 5.92 Å². The van der Waals surface area contributed by atoms with Crippen molar-refractivity contribution in [3.63, 3.8) is 0 Å². The maximum Gasteiger partial charge on any atom is 0.228 e. The molecule has 2 aliphatic rings. The highest BCUT2D eigenvalue weighted by Crippen LogP contribution is 2.27. The largest absolute Gasteiger partial charge is 0.340 e. The van der Waals surface area contributed by atoms with Gasteiger partial charge in [0.15, 0.2) is 0 Å². The zero-order chi connectivity index (χ0) is 21.1. The van der Waals surface area contributed by atoms with E-state index < -0.39 is 0 Å². The van der Waals surface area contributed by atoms with Gasteiger partial charge in [0.2, 0.25) is 11.8 Å². The summed E-state index contributed by atoms with van der Waals surface area (Å²) in [5.41, 5.74) is 2.05. The van der Waals surface area contributed by atoms with Crippen molar-refractivity contribution in [2.75, 3.05) is 44.2 Å². The number of carbonyl (C=O) groups is 2. The Hall–Kier alpha value is -2.67. The summed E-state index contributed by atoms with van der Waals surface area (Å²) in [6.45, 7) is 9.76. The third kappa shape index (κ3) is 4.41. The number of hydrogen-bond donors (Lipinski definition) is 0. The van der Waals surface area contributed by atoms with Gasteiger partial charge in [-0.3, -0.25) is 14.5 Å². The Bertz CT molecular complexity index is 883. The predicted octanol–water partition coefficient (Wildman–Crippen LogP) is 1.95. The van der Waals surface area contributed by atoms with Crippen LogP contribution in [-0.2, 0) is 22.6 Å². The predicted molar refractivity (Wildman–Crippen MR) is 116 cm³/mol. The Morgan fingerprint density at radius 1 is 1.10 bits per heavy atom. The van der Waals surface area contributed by atoms with Crippen molar-refractivity contribution >= 4 is 17.5 Å². The molecule has 7 heteroatoms. The summed E-state index contributed by atoms with van der Waals surface area (Å²) >= 11 is 0. The molecule has 0 N–H and O–H groups in total. The van der Waals surface area contributed by atoms with Crippen LogP contribution in [0.2, 0.25) is 0 Å². The first-order valence-electron chi connectivity index (χ1n) is 10.9. The standard InChI is InChI=1S/C23H31N5O2/c1-3-21-24-8-9-26(21)13-10-25-11-14-27(15-12-25)23(30)19-16-22(29)28(17-19)20-6-4-18(2)5-7-20/h4-9,19H,3,10-17H2,1-2H3. The molecule has 160 valence electrons. The van der Waals surface area contributed by atoms with Crippen molar-refractivity contribution in [2.45, 2.75) is 33.2 Å². The first-order valence-corrected chi connectivity index (χ1v) is 10.9. The molecule has 30 heavy (non-hydrogen) atoms. The average Bonchev–Trinajstić information content (AvgIpc) is 3.39. The van der Waals surface area contributed by atoms with Crippen LogP contribution in [0.1, 0.15) is 24.7 Å². The molecule has 0 saturated carbocycles. The van der Waals surface area contributed by atoms with E-state index in [1.165, 1.54) is 0 Å². The first kappa shape index (κ1) is 20.6. The third-order valence-electron chi connectivity index (χ3n) is 6.28. The molecule has 2 saturated heterocycles. The van der Waals surface area contributed by atoms with Crippen LogP contribution in [0.25, 0.3) is 0 Å². The second kappa shape index (κ2) is 9.00.